The summed E-state index contributed by atoms with van der Waals surface area (Å²) in [5.41, 5.74) is 3.00. The van der Waals surface area contributed by atoms with E-state index in [4.69, 9.17) is 4.74 Å². The topological polar surface area (TPSA) is 71.5 Å². The molecule has 1 aliphatic heterocycles. The van der Waals surface area contributed by atoms with Crippen LogP contribution in [0.2, 0.25) is 0 Å². The Labute approximate surface area is 148 Å². The summed E-state index contributed by atoms with van der Waals surface area (Å²) < 4.78 is 32.1. The summed E-state index contributed by atoms with van der Waals surface area (Å²) in [6, 6.07) is 11.6. The number of hydrogen-bond donors (Lipinski definition) is 1. The van der Waals surface area contributed by atoms with E-state index in [0.717, 1.165) is 16.7 Å². The van der Waals surface area contributed by atoms with Crippen LogP contribution in [0.25, 0.3) is 0 Å². The van der Waals surface area contributed by atoms with Crippen LogP contribution < -0.4 is 5.32 Å². The molecule has 2 heterocycles. The molecule has 25 heavy (non-hydrogen) atoms. The molecular weight excluding hydrogens is 338 g/mol. The molecule has 3 rings (SSSR count). The minimum absolute atomic E-state index is 0.0279. The molecule has 0 amide bonds. The third kappa shape index (κ3) is 5.09. The van der Waals surface area contributed by atoms with Crippen molar-refractivity contribution in [2.24, 2.45) is 0 Å². The molecule has 134 valence electrons. The van der Waals surface area contributed by atoms with Crippen molar-refractivity contribution >= 4 is 10.0 Å². The molecule has 0 bridgehead atoms. The minimum Gasteiger partial charge on any atom is -0.379 e. The highest BCUT2D eigenvalue weighted by Gasteiger charge is 2.25. The molecule has 1 fully saturated rings. The summed E-state index contributed by atoms with van der Waals surface area (Å²) in [6.45, 7) is 3.14. The van der Waals surface area contributed by atoms with Crippen LogP contribution in [0.1, 0.15) is 16.7 Å². The predicted octanol–water partition coefficient (Wildman–Crippen LogP) is 1.53. The molecule has 7 heteroatoms. The highest BCUT2D eigenvalue weighted by Crippen LogP contribution is 2.16. The minimum atomic E-state index is -3.32. The van der Waals surface area contributed by atoms with Crippen LogP contribution in [0.3, 0.4) is 0 Å². The highest BCUT2D eigenvalue weighted by molar-refractivity contribution is 7.88. The second-order valence-electron chi connectivity index (χ2n) is 6.00. The number of morpholine rings is 1. The molecule has 1 saturated heterocycles. The zero-order valence-corrected chi connectivity index (χ0v) is 14.9. The summed E-state index contributed by atoms with van der Waals surface area (Å²) in [7, 11) is -3.32. The van der Waals surface area contributed by atoms with E-state index >= 15 is 0 Å². The summed E-state index contributed by atoms with van der Waals surface area (Å²) in [4.78, 5) is 4.00. The van der Waals surface area contributed by atoms with Gasteiger partial charge in [-0.2, -0.15) is 4.31 Å². The molecule has 1 aromatic carbocycles. The number of hydrogen-bond acceptors (Lipinski definition) is 5. The normalized spacial score (nSPS) is 16.0. The van der Waals surface area contributed by atoms with Gasteiger partial charge in [-0.25, -0.2) is 8.42 Å². The van der Waals surface area contributed by atoms with Crippen LogP contribution in [-0.4, -0.2) is 44.0 Å². The molecule has 2 aromatic rings. The maximum absolute atomic E-state index is 12.6. The third-order valence-corrected chi connectivity index (χ3v) is 6.04. The first-order valence-electron chi connectivity index (χ1n) is 8.37. The van der Waals surface area contributed by atoms with Crippen molar-refractivity contribution in [3.63, 3.8) is 0 Å². The van der Waals surface area contributed by atoms with Gasteiger partial charge in [0.25, 0.3) is 0 Å². The molecule has 1 aliphatic rings. The van der Waals surface area contributed by atoms with Gasteiger partial charge in [-0.05, 0) is 28.8 Å². The molecular formula is C18H23N3O3S. The molecule has 0 saturated carbocycles. The zero-order chi connectivity index (χ0) is 17.5. The number of rotatable bonds is 7. The lowest BCUT2D eigenvalue weighted by Crippen LogP contribution is -2.41. The maximum Gasteiger partial charge on any atom is 0.218 e. The van der Waals surface area contributed by atoms with Crippen LogP contribution in [0.15, 0.2) is 48.8 Å². The van der Waals surface area contributed by atoms with Crippen molar-refractivity contribution in [2.45, 2.75) is 18.8 Å². The fourth-order valence-electron chi connectivity index (χ4n) is 2.83. The molecule has 0 aliphatic carbocycles. The average Bonchev–Trinajstić information content (AvgIpc) is 2.64. The lowest BCUT2D eigenvalue weighted by molar-refractivity contribution is 0.0729. The average molecular weight is 361 g/mol. The lowest BCUT2D eigenvalue weighted by atomic mass is 10.1. The molecule has 0 unspecified atom stereocenters. The van der Waals surface area contributed by atoms with Gasteiger partial charge in [0, 0.05) is 38.6 Å². The Morgan fingerprint density at radius 2 is 1.68 bits per heavy atom. The van der Waals surface area contributed by atoms with E-state index in [1.54, 1.807) is 12.4 Å². The van der Waals surface area contributed by atoms with Gasteiger partial charge in [-0.1, -0.05) is 24.3 Å². The predicted molar refractivity (Wildman–Crippen MR) is 96.2 cm³/mol. The van der Waals surface area contributed by atoms with Crippen LogP contribution >= 0.6 is 0 Å². The Morgan fingerprint density at radius 3 is 2.40 bits per heavy atom. The summed E-state index contributed by atoms with van der Waals surface area (Å²) in [5, 5.41) is 3.37. The fraction of sp³-hybridized carbons (Fsp3) is 0.389. The Bertz CT molecular complexity index is 775. The number of ether oxygens (including phenoxy) is 1. The largest absolute Gasteiger partial charge is 0.379 e. The Balaban J connectivity index is 1.64. The van der Waals surface area contributed by atoms with Gasteiger partial charge in [0.1, 0.15) is 0 Å². The molecule has 1 N–H and O–H groups in total. The standard InChI is InChI=1S/C18H23N3O3S/c22-25(23,21-9-11-24-12-10-21)15-18-4-2-1-3-17(18)14-20-13-16-5-7-19-8-6-16/h1-8,20H,9-15H2. The highest BCUT2D eigenvalue weighted by atomic mass is 32.2. The van der Waals surface area contributed by atoms with Crippen molar-refractivity contribution in [1.29, 1.82) is 0 Å². The molecule has 1 aromatic heterocycles. The van der Waals surface area contributed by atoms with Crippen LogP contribution in [0, 0.1) is 0 Å². The number of nitrogens with zero attached hydrogens (tertiary/aromatic N) is 2. The fourth-order valence-corrected chi connectivity index (χ4v) is 4.39. The van der Waals surface area contributed by atoms with E-state index in [9.17, 15) is 8.42 Å². The molecule has 0 spiro atoms. The Hall–Kier alpha value is -1.80. The van der Waals surface area contributed by atoms with Gasteiger partial charge in [0.15, 0.2) is 0 Å². The monoisotopic (exact) mass is 361 g/mol. The van der Waals surface area contributed by atoms with Gasteiger partial charge >= 0.3 is 0 Å². The van der Waals surface area contributed by atoms with Gasteiger partial charge in [0.2, 0.25) is 10.0 Å². The first kappa shape index (κ1) is 18.0. The van der Waals surface area contributed by atoms with Gasteiger partial charge < -0.3 is 10.1 Å². The molecule has 0 radical (unpaired) electrons. The van der Waals surface area contributed by atoms with E-state index in [0.29, 0.717) is 39.4 Å². The van der Waals surface area contributed by atoms with E-state index in [1.807, 2.05) is 36.4 Å². The smallest absolute Gasteiger partial charge is 0.218 e. The van der Waals surface area contributed by atoms with Crippen molar-refractivity contribution in [1.82, 2.24) is 14.6 Å². The van der Waals surface area contributed by atoms with Crippen molar-refractivity contribution in [3.05, 3.63) is 65.5 Å². The van der Waals surface area contributed by atoms with E-state index in [1.165, 1.54) is 4.31 Å². The van der Waals surface area contributed by atoms with Gasteiger partial charge in [0.05, 0.1) is 19.0 Å². The molecule has 0 atom stereocenters. The SMILES string of the molecule is O=S(=O)(Cc1ccccc1CNCc1ccncc1)N1CCOCC1. The van der Waals surface area contributed by atoms with Crippen LogP contribution in [0.4, 0.5) is 0 Å². The number of sulfonamides is 1. The second kappa shape index (κ2) is 8.53. The number of nitrogens with one attached hydrogen (secondary N) is 1. The van der Waals surface area contributed by atoms with Gasteiger partial charge in [-0.15, -0.1) is 0 Å². The Kier molecular flexibility index (Phi) is 6.14. The van der Waals surface area contributed by atoms with E-state index in [2.05, 4.69) is 10.3 Å². The quantitative estimate of drug-likeness (QED) is 0.810. The number of pyridine rings is 1. The first-order valence-corrected chi connectivity index (χ1v) is 9.98. The molecule has 6 nitrogen and oxygen atoms in total. The van der Waals surface area contributed by atoms with Crippen molar-refractivity contribution in [3.8, 4) is 0 Å². The zero-order valence-electron chi connectivity index (χ0n) is 14.1. The van der Waals surface area contributed by atoms with E-state index < -0.39 is 10.0 Å². The number of aromatic nitrogens is 1. The maximum atomic E-state index is 12.6. The van der Waals surface area contributed by atoms with Gasteiger partial charge in [-0.3, -0.25) is 4.98 Å². The number of benzene rings is 1. The Morgan fingerprint density at radius 1 is 1.00 bits per heavy atom. The second-order valence-corrected chi connectivity index (χ2v) is 7.96. The van der Waals surface area contributed by atoms with Crippen LogP contribution in [-0.2, 0) is 33.6 Å². The van der Waals surface area contributed by atoms with Crippen molar-refractivity contribution in [2.75, 3.05) is 26.3 Å². The summed E-state index contributed by atoms with van der Waals surface area (Å²) in [5.74, 6) is 0.0279. The summed E-state index contributed by atoms with van der Waals surface area (Å²) in [6.07, 6.45) is 3.53. The van der Waals surface area contributed by atoms with E-state index in [-0.39, 0.29) is 5.75 Å². The first-order chi connectivity index (χ1) is 12.1. The summed E-state index contributed by atoms with van der Waals surface area (Å²) >= 11 is 0. The van der Waals surface area contributed by atoms with Crippen molar-refractivity contribution < 1.29 is 13.2 Å². The van der Waals surface area contributed by atoms with Crippen LogP contribution in [0.5, 0.6) is 0 Å². The lowest BCUT2D eigenvalue weighted by Gasteiger charge is -2.26. The third-order valence-electron chi connectivity index (χ3n) is 4.21.